The minimum Gasteiger partial charge on any atom is -0.497 e. The van der Waals surface area contributed by atoms with Gasteiger partial charge in [0.25, 0.3) is 11.8 Å². The van der Waals surface area contributed by atoms with Gasteiger partial charge in [-0.25, -0.2) is 0 Å². The maximum Gasteiger partial charge on any atom is 0.276 e. The maximum absolute atomic E-state index is 12.2. The minimum atomic E-state index is -0.450. The Balaban J connectivity index is 1.73. The second-order valence-corrected chi connectivity index (χ2v) is 6.61. The van der Waals surface area contributed by atoms with Crippen molar-refractivity contribution in [3.8, 4) is 11.5 Å². The number of carbonyl (C=O) groups excluding carboxylic acids is 2. The zero-order chi connectivity index (χ0) is 20.5. The van der Waals surface area contributed by atoms with Gasteiger partial charge in [-0.2, -0.15) is 0 Å². The van der Waals surface area contributed by atoms with Gasteiger partial charge in [0.2, 0.25) is 0 Å². The van der Waals surface area contributed by atoms with E-state index in [-0.39, 0.29) is 17.6 Å². The zero-order valence-electron chi connectivity index (χ0n) is 15.9. The molecule has 0 aliphatic heterocycles. The second kappa shape index (κ2) is 10.3. The molecule has 2 rings (SSSR count). The molecule has 0 unspecified atom stereocenters. The number of methoxy groups -OCH3 is 1. The summed E-state index contributed by atoms with van der Waals surface area (Å²) in [5.74, 6) is 0.788. The van der Waals surface area contributed by atoms with Gasteiger partial charge in [-0.15, -0.1) is 0 Å². The number of hydrogen-bond donors (Lipinski definition) is 3. The molecule has 8 heteroatoms. The normalized spacial score (nSPS) is 10.1. The van der Waals surface area contributed by atoms with Gasteiger partial charge in [-0.1, -0.05) is 26.0 Å². The van der Waals surface area contributed by atoms with Crippen molar-refractivity contribution in [2.45, 2.75) is 19.8 Å². The highest BCUT2D eigenvalue weighted by Crippen LogP contribution is 2.16. The molecule has 0 heterocycles. The average Bonchev–Trinajstić information content (AvgIpc) is 2.71. The predicted molar refractivity (Wildman–Crippen MR) is 110 cm³/mol. The Morgan fingerprint density at radius 1 is 0.964 bits per heavy atom. The van der Waals surface area contributed by atoms with Gasteiger partial charge in [-0.3, -0.25) is 25.8 Å². The fourth-order valence-corrected chi connectivity index (χ4v) is 2.35. The molecule has 0 bridgehead atoms. The molecule has 0 saturated carbocycles. The van der Waals surface area contributed by atoms with Crippen molar-refractivity contribution in [1.82, 2.24) is 16.2 Å². The standard InChI is InChI=1S/C20H23N3O4S/c1-13(2)14-4-6-15(7-5-14)19(25)21-20(28)23-22-18(24)12-27-17-10-8-16(26-3)9-11-17/h4-11,13H,12H2,1-3H3,(H,22,24)(H2,21,23,25,28). The predicted octanol–water partition coefficient (Wildman–Crippen LogP) is 2.53. The van der Waals surface area contributed by atoms with Crippen molar-refractivity contribution < 1.29 is 19.1 Å². The highest BCUT2D eigenvalue weighted by molar-refractivity contribution is 7.80. The molecule has 0 radical (unpaired) electrons. The first-order chi connectivity index (χ1) is 13.4. The highest BCUT2D eigenvalue weighted by atomic mass is 32.1. The fourth-order valence-electron chi connectivity index (χ4n) is 2.21. The van der Waals surface area contributed by atoms with E-state index >= 15 is 0 Å². The number of rotatable bonds is 6. The van der Waals surface area contributed by atoms with Crippen molar-refractivity contribution >= 4 is 29.1 Å². The summed E-state index contributed by atoms with van der Waals surface area (Å²) in [6.45, 7) is 3.94. The van der Waals surface area contributed by atoms with Gasteiger partial charge < -0.3 is 9.47 Å². The van der Waals surface area contributed by atoms with Crippen LogP contribution >= 0.6 is 12.2 Å². The van der Waals surface area contributed by atoms with Crippen LogP contribution in [0.15, 0.2) is 48.5 Å². The van der Waals surface area contributed by atoms with Crippen molar-refractivity contribution in [3.63, 3.8) is 0 Å². The molecule has 0 aliphatic rings. The van der Waals surface area contributed by atoms with Crippen LogP contribution in [0.3, 0.4) is 0 Å². The number of nitrogens with one attached hydrogen (secondary N) is 3. The summed E-state index contributed by atoms with van der Waals surface area (Å²) < 4.78 is 10.4. The lowest BCUT2D eigenvalue weighted by atomic mass is 10.0. The van der Waals surface area contributed by atoms with Gasteiger partial charge in [0.05, 0.1) is 7.11 Å². The van der Waals surface area contributed by atoms with E-state index in [0.29, 0.717) is 23.0 Å². The molecule has 0 saturated heterocycles. The summed E-state index contributed by atoms with van der Waals surface area (Å²) in [6, 6.07) is 14.1. The van der Waals surface area contributed by atoms with E-state index in [1.165, 1.54) is 0 Å². The molecule has 2 aromatic carbocycles. The zero-order valence-corrected chi connectivity index (χ0v) is 16.8. The van der Waals surface area contributed by atoms with E-state index in [4.69, 9.17) is 21.7 Å². The fraction of sp³-hybridized carbons (Fsp3) is 0.250. The van der Waals surface area contributed by atoms with Crippen molar-refractivity contribution in [1.29, 1.82) is 0 Å². The summed E-state index contributed by atoms with van der Waals surface area (Å²) in [4.78, 5) is 24.0. The first-order valence-electron chi connectivity index (χ1n) is 8.66. The van der Waals surface area contributed by atoms with Crippen LogP contribution < -0.4 is 25.6 Å². The number of hydrazine groups is 1. The third-order valence-electron chi connectivity index (χ3n) is 3.81. The lowest BCUT2D eigenvalue weighted by Crippen LogP contribution is -2.49. The van der Waals surface area contributed by atoms with Crippen LogP contribution in [0.2, 0.25) is 0 Å². The Kier molecular flexibility index (Phi) is 7.76. The molecule has 28 heavy (non-hydrogen) atoms. The molecule has 7 nitrogen and oxygen atoms in total. The van der Waals surface area contributed by atoms with Gasteiger partial charge in [-0.05, 0) is 60.1 Å². The lowest BCUT2D eigenvalue weighted by molar-refractivity contribution is -0.123. The van der Waals surface area contributed by atoms with Gasteiger partial charge >= 0.3 is 0 Å². The first-order valence-corrected chi connectivity index (χ1v) is 9.07. The Bertz CT molecular complexity index is 820. The molecule has 0 atom stereocenters. The highest BCUT2D eigenvalue weighted by Gasteiger charge is 2.09. The number of ether oxygens (including phenoxy) is 2. The molecular weight excluding hydrogens is 378 g/mol. The molecule has 0 spiro atoms. The smallest absolute Gasteiger partial charge is 0.276 e. The van der Waals surface area contributed by atoms with E-state index in [0.717, 1.165) is 5.56 Å². The van der Waals surface area contributed by atoms with Crippen molar-refractivity contribution in [2.24, 2.45) is 0 Å². The molecule has 0 fully saturated rings. The van der Waals surface area contributed by atoms with Crippen LogP contribution in [-0.2, 0) is 4.79 Å². The maximum atomic E-state index is 12.2. The summed E-state index contributed by atoms with van der Waals surface area (Å²) in [7, 11) is 1.57. The van der Waals surface area contributed by atoms with Crippen LogP contribution in [0, 0.1) is 0 Å². The average molecular weight is 401 g/mol. The third-order valence-corrected chi connectivity index (χ3v) is 4.02. The number of carbonyl (C=O) groups is 2. The van der Waals surface area contributed by atoms with Gasteiger partial charge in [0, 0.05) is 5.56 Å². The Morgan fingerprint density at radius 2 is 1.57 bits per heavy atom. The summed E-state index contributed by atoms with van der Waals surface area (Å²) in [5, 5.41) is 2.48. The van der Waals surface area contributed by atoms with Gasteiger partial charge in [0.15, 0.2) is 11.7 Å². The van der Waals surface area contributed by atoms with Crippen molar-refractivity contribution in [3.05, 3.63) is 59.7 Å². The Morgan fingerprint density at radius 3 is 2.14 bits per heavy atom. The van der Waals surface area contributed by atoms with Crippen LogP contribution in [-0.4, -0.2) is 30.6 Å². The number of thiocarbonyl (C=S) groups is 1. The number of amides is 2. The molecule has 2 aromatic rings. The number of hydrogen-bond acceptors (Lipinski definition) is 5. The molecule has 0 aromatic heterocycles. The molecule has 3 N–H and O–H groups in total. The quantitative estimate of drug-likeness (QED) is 0.509. The third kappa shape index (κ3) is 6.55. The lowest BCUT2D eigenvalue weighted by Gasteiger charge is -2.12. The SMILES string of the molecule is COc1ccc(OCC(=O)NNC(=S)NC(=O)c2ccc(C(C)C)cc2)cc1. The van der Waals surface area contributed by atoms with Crippen LogP contribution in [0.25, 0.3) is 0 Å². The summed E-state index contributed by atoms with van der Waals surface area (Å²) >= 11 is 5.01. The monoisotopic (exact) mass is 401 g/mol. The molecule has 148 valence electrons. The van der Waals surface area contributed by atoms with Gasteiger partial charge in [0.1, 0.15) is 11.5 Å². The summed E-state index contributed by atoms with van der Waals surface area (Å²) in [5.41, 5.74) is 6.44. The van der Waals surface area contributed by atoms with Crippen LogP contribution in [0.4, 0.5) is 0 Å². The van der Waals surface area contributed by atoms with Crippen LogP contribution in [0.1, 0.15) is 35.7 Å². The molecule has 2 amide bonds. The first kappa shape index (κ1) is 21.2. The summed E-state index contributed by atoms with van der Waals surface area (Å²) in [6.07, 6.45) is 0. The van der Waals surface area contributed by atoms with Crippen molar-refractivity contribution in [2.75, 3.05) is 13.7 Å². The Labute approximate surface area is 169 Å². The molecular formula is C20H23N3O4S. The van der Waals surface area contributed by atoms with E-state index in [9.17, 15) is 9.59 Å². The minimum absolute atomic E-state index is 0.0178. The van der Waals surface area contributed by atoms with E-state index in [1.807, 2.05) is 12.1 Å². The molecule has 0 aliphatic carbocycles. The largest absolute Gasteiger partial charge is 0.497 e. The number of benzene rings is 2. The Hall–Kier alpha value is -3.13. The van der Waals surface area contributed by atoms with E-state index < -0.39 is 5.91 Å². The topological polar surface area (TPSA) is 88.7 Å². The van der Waals surface area contributed by atoms with E-state index in [1.54, 1.807) is 43.5 Å². The second-order valence-electron chi connectivity index (χ2n) is 6.20. The van der Waals surface area contributed by atoms with Crippen LogP contribution in [0.5, 0.6) is 11.5 Å². The van der Waals surface area contributed by atoms with E-state index in [2.05, 4.69) is 30.0 Å².